The molecule has 6 nitrogen and oxygen atoms in total. The van der Waals surface area contributed by atoms with E-state index in [-0.39, 0.29) is 11.9 Å². The number of fused-ring (bicyclic) bond motifs is 1. The van der Waals surface area contributed by atoms with Crippen molar-refractivity contribution >= 4 is 39.2 Å². The van der Waals surface area contributed by atoms with E-state index in [0.29, 0.717) is 11.8 Å². The second kappa shape index (κ2) is 7.00. The molecule has 0 unspecified atom stereocenters. The van der Waals surface area contributed by atoms with Crippen molar-refractivity contribution in [1.29, 1.82) is 0 Å². The van der Waals surface area contributed by atoms with E-state index in [1.54, 1.807) is 16.2 Å². The van der Waals surface area contributed by atoms with Gasteiger partial charge >= 0.3 is 0 Å². The number of carbonyl (C=O) groups excluding carboxylic acids is 1. The molecule has 2 heterocycles. The Hall–Kier alpha value is -1.93. The molecule has 3 aromatic rings. The highest BCUT2D eigenvalue weighted by Crippen LogP contribution is 2.38. The van der Waals surface area contributed by atoms with Crippen LogP contribution in [-0.4, -0.2) is 43.4 Å². The summed E-state index contributed by atoms with van der Waals surface area (Å²) in [5.74, 6) is 1.36. The van der Waals surface area contributed by atoms with Gasteiger partial charge in [0.2, 0.25) is 5.91 Å². The van der Waals surface area contributed by atoms with Gasteiger partial charge in [0.15, 0.2) is 5.16 Å². The van der Waals surface area contributed by atoms with E-state index in [1.807, 2.05) is 39.1 Å². The zero-order chi connectivity index (χ0) is 18.3. The minimum Gasteiger partial charge on any atom is -0.336 e. The Labute approximate surface area is 160 Å². The van der Waals surface area contributed by atoms with Gasteiger partial charge < -0.3 is 9.47 Å². The van der Waals surface area contributed by atoms with Gasteiger partial charge in [-0.25, -0.2) is 4.98 Å². The minimum atomic E-state index is -0.0523. The lowest BCUT2D eigenvalue weighted by Gasteiger charge is -2.23. The van der Waals surface area contributed by atoms with Crippen LogP contribution in [0.2, 0.25) is 0 Å². The van der Waals surface area contributed by atoms with Crippen molar-refractivity contribution in [2.24, 2.45) is 0 Å². The molecule has 4 rings (SSSR count). The average Bonchev–Trinajstić information content (AvgIpc) is 3.27. The molecule has 0 spiro atoms. The van der Waals surface area contributed by atoms with Crippen LogP contribution < -0.4 is 0 Å². The van der Waals surface area contributed by atoms with Crippen molar-refractivity contribution < 1.29 is 4.79 Å². The molecule has 2 aromatic heterocycles. The standard InChI is InChI=1S/C18H21N5OS2/c1-11(17-19-14-6-4-5-7-15(14)26-17)22(3)16(24)10-25-18-21-20-12(2)23(18)13-8-9-13/h4-7,11,13H,8-10H2,1-3H3/t11-/m1/s1. The second-order valence-electron chi connectivity index (χ2n) is 6.62. The summed E-state index contributed by atoms with van der Waals surface area (Å²) in [6.45, 7) is 4.00. The Bertz CT molecular complexity index is 913. The maximum absolute atomic E-state index is 12.7. The highest BCUT2D eigenvalue weighted by molar-refractivity contribution is 7.99. The quantitative estimate of drug-likeness (QED) is 0.601. The summed E-state index contributed by atoms with van der Waals surface area (Å²) in [5.41, 5.74) is 0.989. The smallest absolute Gasteiger partial charge is 0.233 e. The fourth-order valence-corrected chi connectivity index (χ4v) is 4.92. The number of aryl methyl sites for hydroxylation is 1. The molecule has 1 amide bonds. The van der Waals surface area contributed by atoms with Gasteiger partial charge in [-0.05, 0) is 38.8 Å². The molecule has 0 saturated heterocycles. The Morgan fingerprint density at radius 1 is 1.38 bits per heavy atom. The van der Waals surface area contributed by atoms with Gasteiger partial charge in [0.25, 0.3) is 0 Å². The molecule has 1 fully saturated rings. The lowest BCUT2D eigenvalue weighted by molar-refractivity contribution is -0.128. The van der Waals surface area contributed by atoms with Crippen molar-refractivity contribution in [2.45, 2.75) is 43.9 Å². The lowest BCUT2D eigenvalue weighted by atomic mass is 10.3. The van der Waals surface area contributed by atoms with E-state index in [4.69, 9.17) is 0 Å². The van der Waals surface area contributed by atoms with E-state index in [0.717, 1.165) is 26.2 Å². The predicted octanol–water partition coefficient (Wildman–Crippen LogP) is 3.84. The summed E-state index contributed by atoms with van der Waals surface area (Å²) in [4.78, 5) is 19.1. The lowest BCUT2D eigenvalue weighted by Crippen LogP contribution is -2.31. The number of amides is 1. The van der Waals surface area contributed by atoms with Crippen LogP contribution >= 0.6 is 23.1 Å². The predicted molar refractivity (Wildman–Crippen MR) is 105 cm³/mol. The maximum Gasteiger partial charge on any atom is 0.233 e. The number of thiazole rings is 1. The topological polar surface area (TPSA) is 63.9 Å². The summed E-state index contributed by atoms with van der Waals surface area (Å²) in [6.07, 6.45) is 2.35. The molecule has 8 heteroatoms. The van der Waals surface area contributed by atoms with E-state index >= 15 is 0 Å². The summed E-state index contributed by atoms with van der Waals surface area (Å²) >= 11 is 3.12. The summed E-state index contributed by atoms with van der Waals surface area (Å²) in [6, 6.07) is 8.53. The number of hydrogen-bond acceptors (Lipinski definition) is 6. The van der Waals surface area contributed by atoms with Gasteiger partial charge in [-0.3, -0.25) is 4.79 Å². The van der Waals surface area contributed by atoms with Gasteiger partial charge in [-0.1, -0.05) is 23.9 Å². The SMILES string of the molecule is Cc1nnc(SCC(=O)N(C)[C@H](C)c2nc3ccccc3s2)n1C1CC1. The van der Waals surface area contributed by atoms with Gasteiger partial charge in [0.05, 0.1) is 22.0 Å². The molecule has 1 aliphatic carbocycles. The largest absolute Gasteiger partial charge is 0.336 e. The Morgan fingerprint density at radius 3 is 2.88 bits per heavy atom. The number of carbonyl (C=O) groups is 1. The molecule has 0 bridgehead atoms. The first-order valence-corrected chi connectivity index (χ1v) is 10.5. The zero-order valence-corrected chi connectivity index (χ0v) is 16.7. The first kappa shape index (κ1) is 17.5. The first-order valence-electron chi connectivity index (χ1n) is 8.70. The zero-order valence-electron chi connectivity index (χ0n) is 15.0. The monoisotopic (exact) mass is 387 g/mol. The molecule has 26 heavy (non-hydrogen) atoms. The molecule has 136 valence electrons. The van der Waals surface area contributed by atoms with Crippen molar-refractivity contribution in [2.75, 3.05) is 12.8 Å². The van der Waals surface area contributed by atoms with Crippen LogP contribution in [0.5, 0.6) is 0 Å². The Morgan fingerprint density at radius 2 is 2.15 bits per heavy atom. The number of benzene rings is 1. The molecule has 1 aliphatic rings. The van der Waals surface area contributed by atoms with Crippen molar-refractivity contribution in [3.8, 4) is 0 Å². The van der Waals surface area contributed by atoms with E-state index in [2.05, 4.69) is 25.8 Å². The molecule has 1 saturated carbocycles. The molecule has 0 aliphatic heterocycles. The Kier molecular flexibility index (Phi) is 4.71. The first-order chi connectivity index (χ1) is 12.5. The minimum absolute atomic E-state index is 0.0523. The molecular weight excluding hydrogens is 366 g/mol. The van der Waals surface area contributed by atoms with Crippen LogP contribution in [0.25, 0.3) is 10.2 Å². The highest BCUT2D eigenvalue weighted by atomic mass is 32.2. The van der Waals surface area contributed by atoms with Crippen molar-refractivity contribution in [1.82, 2.24) is 24.6 Å². The summed E-state index contributed by atoms with van der Waals surface area (Å²) in [7, 11) is 1.84. The second-order valence-corrected chi connectivity index (χ2v) is 8.62. The van der Waals surface area contributed by atoms with Crippen LogP contribution in [0.3, 0.4) is 0 Å². The molecular formula is C18H21N5OS2. The Balaban J connectivity index is 1.42. The van der Waals surface area contributed by atoms with Crippen LogP contribution in [0.15, 0.2) is 29.4 Å². The fraction of sp³-hybridized carbons (Fsp3) is 0.444. The number of aromatic nitrogens is 4. The summed E-state index contributed by atoms with van der Waals surface area (Å²) < 4.78 is 3.31. The average molecular weight is 388 g/mol. The highest BCUT2D eigenvalue weighted by Gasteiger charge is 2.29. The van der Waals surface area contributed by atoms with Crippen LogP contribution in [0, 0.1) is 6.92 Å². The molecule has 0 radical (unpaired) electrons. The summed E-state index contributed by atoms with van der Waals surface area (Å²) in [5, 5.41) is 10.2. The third-order valence-corrected chi connectivity index (χ3v) is 6.85. The van der Waals surface area contributed by atoms with Gasteiger partial charge in [-0.15, -0.1) is 21.5 Å². The molecule has 1 atom stereocenters. The fourth-order valence-electron chi connectivity index (χ4n) is 2.88. The number of para-hydroxylation sites is 1. The third-order valence-electron chi connectivity index (χ3n) is 4.71. The van der Waals surface area contributed by atoms with E-state index in [1.165, 1.54) is 24.6 Å². The molecule has 0 N–H and O–H groups in total. The van der Waals surface area contributed by atoms with Gasteiger partial charge in [0, 0.05) is 13.1 Å². The van der Waals surface area contributed by atoms with Crippen LogP contribution in [-0.2, 0) is 4.79 Å². The maximum atomic E-state index is 12.7. The van der Waals surface area contributed by atoms with Crippen molar-refractivity contribution in [3.05, 3.63) is 35.1 Å². The number of thioether (sulfide) groups is 1. The van der Waals surface area contributed by atoms with E-state index in [9.17, 15) is 4.79 Å². The van der Waals surface area contributed by atoms with Gasteiger partial charge in [-0.2, -0.15) is 0 Å². The number of nitrogens with zero attached hydrogens (tertiary/aromatic N) is 5. The number of hydrogen-bond donors (Lipinski definition) is 0. The van der Waals surface area contributed by atoms with Crippen molar-refractivity contribution in [3.63, 3.8) is 0 Å². The molecule has 1 aromatic carbocycles. The van der Waals surface area contributed by atoms with Gasteiger partial charge in [0.1, 0.15) is 10.8 Å². The van der Waals surface area contributed by atoms with E-state index < -0.39 is 0 Å². The third kappa shape index (κ3) is 3.35. The normalized spacial score (nSPS) is 15.3. The van der Waals surface area contributed by atoms with Crippen LogP contribution in [0.1, 0.15) is 42.7 Å². The number of rotatable bonds is 6. The van der Waals surface area contributed by atoms with Crippen LogP contribution in [0.4, 0.5) is 0 Å².